The SMILES string of the molecule is CC1CCCC(CCNCC2Cc3ccccc32)C1. The first-order valence-electron chi connectivity index (χ1n) is 8.11. The zero-order valence-electron chi connectivity index (χ0n) is 12.2. The number of hydrogen-bond donors (Lipinski definition) is 1. The third kappa shape index (κ3) is 3.20. The van der Waals surface area contributed by atoms with Crippen LogP contribution >= 0.6 is 0 Å². The Hall–Kier alpha value is -0.820. The van der Waals surface area contributed by atoms with Crippen LogP contribution in [0.5, 0.6) is 0 Å². The summed E-state index contributed by atoms with van der Waals surface area (Å²) in [4.78, 5) is 0. The average molecular weight is 257 g/mol. The lowest BCUT2D eigenvalue weighted by Crippen LogP contribution is -2.30. The molecule has 2 aliphatic carbocycles. The molecule has 0 bridgehead atoms. The molecule has 0 saturated heterocycles. The van der Waals surface area contributed by atoms with E-state index in [1.165, 1.54) is 51.6 Å². The van der Waals surface area contributed by atoms with Crippen LogP contribution in [-0.2, 0) is 6.42 Å². The molecule has 3 rings (SSSR count). The monoisotopic (exact) mass is 257 g/mol. The van der Waals surface area contributed by atoms with E-state index in [0.717, 1.165) is 17.8 Å². The van der Waals surface area contributed by atoms with E-state index in [1.807, 2.05) is 0 Å². The van der Waals surface area contributed by atoms with Crippen LogP contribution in [-0.4, -0.2) is 13.1 Å². The van der Waals surface area contributed by atoms with Gasteiger partial charge in [-0.15, -0.1) is 0 Å². The molecule has 0 spiro atoms. The minimum atomic E-state index is 0.779. The van der Waals surface area contributed by atoms with Crippen molar-refractivity contribution in [1.82, 2.24) is 5.32 Å². The molecule has 0 radical (unpaired) electrons. The van der Waals surface area contributed by atoms with E-state index in [4.69, 9.17) is 0 Å². The molecule has 1 nitrogen and oxygen atoms in total. The molecule has 104 valence electrons. The largest absolute Gasteiger partial charge is 0.316 e. The first kappa shape index (κ1) is 13.2. The summed E-state index contributed by atoms with van der Waals surface area (Å²) in [5.41, 5.74) is 3.15. The molecule has 3 atom stereocenters. The van der Waals surface area contributed by atoms with Gasteiger partial charge in [0.25, 0.3) is 0 Å². The maximum atomic E-state index is 3.69. The molecule has 1 aromatic rings. The Kier molecular flexibility index (Phi) is 4.22. The maximum absolute atomic E-state index is 3.69. The molecule has 19 heavy (non-hydrogen) atoms. The van der Waals surface area contributed by atoms with Gasteiger partial charge < -0.3 is 5.32 Å². The van der Waals surface area contributed by atoms with Crippen molar-refractivity contribution in [2.45, 2.75) is 51.4 Å². The summed E-state index contributed by atoms with van der Waals surface area (Å²) in [5, 5.41) is 3.69. The molecule has 0 heterocycles. The Morgan fingerprint density at radius 1 is 1.21 bits per heavy atom. The summed E-state index contributed by atoms with van der Waals surface area (Å²) >= 11 is 0. The lowest BCUT2D eigenvalue weighted by molar-refractivity contribution is 0.267. The Balaban J connectivity index is 1.34. The van der Waals surface area contributed by atoms with Crippen LogP contribution in [0.3, 0.4) is 0 Å². The second kappa shape index (κ2) is 6.09. The summed E-state index contributed by atoms with van der Waals surface area (Å²) < 4.78 is 0. The summed E-state index contributed by atoms with van der Waals surface area (Å²) in [6.07, 6.45) is 8.53. The Morgan fingerprint density at radius 2 is 2.11 bits per heavy atom. The van der Waals surface area contributed by atoms with E-state index in [9.17, 15) is 0 Å². The molecule has 0 amide bonds. The van der Waals surface area contributed by atoms with Crippen LogP contribution < -0.4 is 5.32 Å². The van der Waals surface area contributed by atoms with Gasteiger partial charge in [-0.1, -0.05) is 50.5 Å². The van der Waals surface area contributed by atoms with Gasteiger partial charge in [0.1, 0.15) is 0 Å². The quantitative estimate of drug-likeness (QED) is 0.782. The normalized spacial score (nSPS) is 29.6. The highest BCUT2D eigenvalue weighted by atomic mass is 14.9. The summed E-state index contributed by atoms with van der Waals surface area (Å²) in [7, 11) is 0. The van der Waals surface area contributed by atoms with Crippen molar-refractivity contribution in [3.05, 3.63) is 35.4 Å². The number of rotatable bonds is 5. The minimum Gasteiger partial charge on any atom is -0.316 e. The van der Waals surface area contributed by atoms with Crippen molar-refractivity contribution in [3.63, 3.8) is 0 Å². The van der Waals surface area contributed by atoms with Crippen molar-refractivity contribution >= 4 is 0 Å². The van der Waals surface area contributed by atoms with Crippen LogP contribution in [0.2, 0.25) is 0 Å². The van der Waals surface area contributed by atoms with Gasteiger partial charge in [-0.25, -0.2) is 0 Å². The van der Waals surface area contributed by atoms with Gasteiger partial charge in [0.2, 0.25) is 0 Å². The number of benzene rings is 1. The minimum absolute atomic E-state index is 0.779. The Bertz CT molecular complexity index is 412. The maximum Gasteiger partial charge on any atom is 0.00234 e. The van der Waals surface area contributed by atoms with E-state index < -0.39 is 0 Å². The van der Waals surface area contributed by atoms with E-state index in [1.54, 1.807) is 11.1 Å². The third-order valence-electron chi connectivity index (χ3n) is 5.13. The Labute approximate surface area is 117 Å². The second-order valence-corrected chi connectivity index (χ2v) is 6.73. The fraction of sp³-hybridized carbons (Fsp3) is 0.667. The fourth-order valence-corrected chi connectivity index (χ4v) is 3.95. The van der Waals surface area contributed by atoms with Crippen LogP contribution in [0.25, 0.3) is 0 Å². The molecule has 0 aromatic heterocycles. The zero-order valence-corrected chi connectivity index (χ0v) is 12.2. The van der Waals surface area contributed by atoms with Crippen molar-refractivity contribution in [1.29, 1.82) is 0 Å². The molecule has 0 aliphatic heterocycles. The Morgan fingerprint density at radius 3 is 2.95 bits per heavy atom. The highest BCUT2D eigenvalue weighted by Crippen LogP contribution is 2.34. The van der Waals surface area contributed by atoms with E-state index in [0.29, 0.717) is 0 Å². The van der Waals surface area contributed by atoms with Gasteiger partial charge in [-0.2, -0.15) is 0 Å². The smallest absolute Gasteiger partial charge is 0.00234 e. The first-order valence-corrected chi connectivity index (χ1v) is 8.11. The van der Waals surface area contributed by atoms with Gasteiger partial charge in [0.05, 0.1) is 0 Å². The molecule has 1 saturated carbocycles. The van der Waals surface area contributed by atoms with Crippen molar-refractivity contribution in [2.24, 2.45) is 11.8 Å². The zero-order chi connectivity index (χ0) is 13.1. The van der Waals surface area contributed by atoms with Crippen LogP contribution in [0, 0.1) is 11.8 Å². The van der Waals surface area contributed by atoms with E-state index >= 15 is 0 Å². The molecule has 1 aromatic carbocycles. The van der Waals surface area contributed by atoms with Crippen molar-refractivity contribution < 1.29 is 0 Å². The van der Waals surface area contributed by atoms with Crippen LogP contribution in [0.1, 0.15) is 56.1 Å². The summed E-state index contributed by atoms with van der Waals surface area (Å²) in [5.74, 6) is 2.74. The highest BCUT2D eigenvalue weighted by Gasteiger charge is 2.24. The van der Waals surface area contributed by atoms with E-state index in [-0.39, 0.29) is 0 Å². The number of fused-ring (bicyclic) bond motifs is 1. The molecule has 1 heteroatoms. The van der Waals surface area contributed by atoms with Gasteiger partial charge in [-0.3, -0.25) is 0 Å². The summed E-state index contributed by atoms with van der Waals surface area (Å²) in [6, 6.07) is 8.91. The van der Waals surface area contributed by atoms with Crippen molar-refractivity contribution in [3.8, 4) is 0 Å². The number of nitrogens with one attached hydrogen (secondary N) is 1. The molecule has 3 unspecified atom stereocenters. The highest BCUT2D eigenvalue weighted by molar-refractivity contribution is 5.40. The third-order valence-corrected chi connectivity index (χ3v) is 5.13. The van der Waals surface area contributed by atoms with Gasteiger partial charge in [0, 0.05) is 12.5 Å². The van der Waals surface area contributed by atoms with Crippen LogP contribution in [0.4, 0.5) is 0 Å². The number of hydrogen-bond acceptors (Lipinski definition) is 1. The molecule has 1 N–H and O–H groups in total. The summed E-state index contributed by atoms with van der Waals surface area (Å²) in [6.45, 7) is 4.82. The standard InChI is InChI=1S/C18H27N/c1-14-5-4-6-15(11-14)9-10-19-13-17-12-16-7-2-3-8-18(16)17/h2-3,7-8,14-15,17,19H,4-6,9-13H2,1H3. The second-order valence-electron chi connectivity index (χ2n) is 6.73. The average Bonchev–Trinajstić information content (AvgIpc) is 2.39. The van der Waals surface area contributed by atoms with Gasteiger partial charge in [0.15, 0.2) is 0 Å². The topological polar surface area (TPSA) is 12.0 Å². The predicted molar refractivity (Wildman–Crippen MR) is 81.5 cm³/mol. The van der Waals surface area contributed by atoms with Crippen LogP contribution in [0.15, 0.2) is 24.3 Å². The van der Waals surface area contributed by atoms with E-state index in [2.05, 4.69) is 36.5 Å². The first-order chi connectivity index (χ1) is 9.33. The molecular formula is C18H27N. The molecular weight excluding hydrogens is 230 g/mol. The van der Waals surface area contributed by atoms with Gasteiger partial charge in [-0.05, 0) is 48.8 Å². The van der Waals surface area contributed by atoms with Gasteiger partial charge >= 0.3 is 0 Å². The lowest BCUT2D eigenvalue weighted by atomic mass is 9.77. The predicted octanol–water partition coefficient (Wildman–Crippen LogP) is 4.13. The molecule has 2 aliphatic rings. The van der Waals surface area contributed by atoms with Crippen molar-refractivity contribution in [2.75, 3.05) is 13.1 Å². The fourth-order valence-electron chi connectivity index (χ4n) is 3.95. The molecule has 1 fully saturated rings. The lowest BCUT2D eigenvalue weighted by Gasteiger charge is -2.31.